The highest BCUT2D eigenvalue weighted by Crippen LogP contribution is 2.29. The van der Waals surface area contributed by atoms with Crippen molar-refractivity contribution < 1.29 is 9.53 Å². The highest BCUT2D eigenvalue weighted by atomic mass is 16.5. The van der Waals surface area contributed by atoms with Crippen molar-refractivity contribution in [1.29, 1.82) is 0 Å². The lowest BCUT2D eigenvalue weighted by atomic mass is 10.00. The first kappa shape index (κ1) is 19.3. The summed E-state index contributed by atoms with van der Waals surface area (Å²) in [5.41, 5.74) is 2.58. The summed E-state index contributed by atoms with van der Waals surface area (Å²) in [6.45, 7) is 5.39. The van der Waals surface area contributed by atoms with Crippen LogP contribution in [0.15, 0.2) is 54.6 Å². The standard InChI is InChI=1S/C22H25N5O2/c1-15(2)19-13-27(14-20(29-19)16-7-5-4-6-8-16)22(28)18-11-9-17(10-12-18)21-23-25-26(3)24-21/h4-12,15,19-20H,13-14H2,1-3H3/t19-,20+/m1/s1. The van der Waals surface area contributed by atoms with Gasteiger partial charge in [0.2, 0.25) is 5.82 Å². The molecule has 1 amide bonds. The molecule has 3 aromatic rings. The molecule has 1 fully saturated rings. The predicted molar refractivity (Wildman–Crippen MR) is 109 cm³/mol. The van der Waals surface area contributed by atoms with Crippen LogP contribution in [-0.4, -0.2) is 50.2 Å². The summed E-state index contributed by atoms with van der Waals surface area (Å²) in [6.07, 6.45) is -0.120. The van der Waals surface area contributed by atoms with Crippen LogP contribution in [0, 0.1) is 5.92 Å². The zero-order valence-corrected chi connectivity index (χ0v) is 16.9. The van der Waals surface area contributed by atoms with Gasteiger partial charge in [0.15, 0.2) is 0 Å². The van der Waals surface area contributed by atoms with E-state index in [4.69, 9.17) is 4.74 Å². The predicted octanol–water partition coefficient (Wildman–Crippen LogP) is 3.12. The van der Waals surface area contributed by atoms with Gasteiger partial charge in [-0.1, -0.05) is 56.3 Å². The molecule has 0 N–H and O–H groups in total. The summed E-state index contributed by atoms with van der Waals surface area (Å²) in [5, 5.41) is 12.1. The molecule has 0 spiro atoms. The van der Waals surface area contributed by atoms with E-state index in [0.717, 1.165) is 11.1 Å². The molecule has 0 aliphatic carbocycles. The van der Waals surface area contributed by atoms with Crippen molar-refractivity contribution in [2.24, 2.45) is 13.0 Å². The number of carbonyl (C=O) groups excluding carboxylic acids is 1. The molecule has 1 aromatic heterocycles. The van der Waals surface area contributed by atoms with Gasteiger partial charge in [-0.15, -0.1) is 10.2 Å². The van der Waals surface area contributed by atoms with Gasteiger partial charge in [-0.25, -0.2) is 0 Å². The van der Waals surface area contributed by atoms with Gasteiger partial charge in [-0.2, -0.15) is 4.80 Å². The van der Waals surface area contributed by atoms with Crippen molar-refractivity contribution >= 4 is 5.91 Å². The van der Waals surface area contributed by atoms with Crippen LogP contribution in [0.1, 0.15) is 35.9 Å². The van der Waals surface area contributed by atoms with Crippen LogP contribution >= 0.6 is 0 Å². The lowest BCUT2D eigenvalue weighted by Crippen LogP contribution is -2.48. The monoisotopic (exact) mass is 391 g/mol. The lowest BCUT2D eigenvalue weighted by molar-refractivity contribution is -0.0954. The van der Waals surface area contributed by atoms with Crippen LogP contribution in [0.4, 0.5) is 0 Å². The van der Waals surface area contributed by atoms with Crippen LogP contribution in [0.3, 0.4) is 0 Å². The molecule has 0 unspecified atom stereocenters. The molecule has 1 aliphatic heterocycles. The molecule has 0 radical (unpaired) electrons. The van der Waals surface area contributed by atoms with E-state index in [0.29, 0.717) is 30.4 Å². The normalized spacial score (nSPS) is 19.5. The number of tetrazole rings is 1. The van der Waals surface area contributed by atoms with Crippen LogP contribution in [0.5, 0.6) is 0 Å². The van der Waals surface area contributed by atoms with E-state index >= 15 is 0 Å². The topological polar surface area (TPSA) is 73.1 Å². The molecular formula is C22H25N5O2. The molecule has 7 nitrogen and oxygen atoms in total. The zero-order chi connectivity index (χ0) is 20.4. The number of rotatable bonds is 4. The summed E-state index contributed by atoms with van der Waals surface area (Å²) in [7, 11) is 1.72. The van der Waals surface area contributed by atoms with Gasteiger partial charge in [0.05, 0.1) is 19.7 Å². The number of hydrogen-bond acceptors (Lipinski definition) is 5. The molecule has 150 valence electrons. The molecular weight excluding hydrogens is 366 g/mol. The molecule has 1 aliphatic rings. The van der Waals surface area contributed by atoms with E-state index in [2.05, 4.69) is 41.4 Å². The molecule has 0 bridgehead atoms. The van der Waals surface area contributed by atoms with Crippen molar-refractivity contribution in [2.75, 3.05) is 13.1 Å². The molecule has 1 saturated heterocycles. The Morgan fingerprint density at radius 3 is 2.41 bits per heavy atom. The summed E-state index contributed by atoms with van der Waals surface area (Å²) in [4.78, 5) is 16.5. The smallest absolute Gasteiger partial charge is 0.254 e. The highest BCUT2D eigenvalue weighted by Gasteiger charge is 2.33. The van der Waals surface area contributed by atoms with Crippen molar-refractivity contribution in [3.63, 3.8) is 0 Å². The Balaban J connectivity index is 1.54. The molecule has 0 saturated carbocycles. The number of morpholine rings is 1. The maximum Gasteiger partial charge on any atom is 0.254 e. The minimum Gasteiger partial charge on any atom is -0.366 e. The third-order valence-electron chi connectivity index (χ3n) is 5.23. The fourth-order valence-electron chi connectivity index (χ4n) is 3.52. The quantitative estimate of drug-likeness (QED) is 0.683. The van der Waals surface area contributed by atoms with Gasteiger partial charge in [0.1, 0.15) is 6.10 Å². The molecule has 2 atom stereocenters. The number of amides is 1. The molecule has 2 heterocycles. The Labute approximate surface area is 170 Å². The van der Waals surface area contributed by atoms with Gasteiger partial charge in [0, 0.05) is 17.7 Å². The first-order valence-electron chi connectivity index (χ1n) is 9.85. The van der Waals surface area contributed by atoms with Crippen molar-refractivity contribution in [2.45, 2.75) is 26.1 Å². The average Bonchev–Trinajstić information content (AvgIpc) is 3.20. The van der Waals surface area contributed by atoms with E-state index in [1.165, 1.54) is 4.80 Å². The Hall–Kier alpha value is -3.06. The fraction of sp³-hybridized carbons (Fsp3) is 0.364. The Morgan fingerprint density at radius 1 is 1.07 bits per heavy atom. The van der Waals surface area contributed by atoms with Crippen LogP contribution in [0.2, 0.25) is 0 Å². The van der Waals surface area contributed by atoms with Crippen LogP contribution in [0.25, 0.3) is 11.4 Å². The van der Waals surface area contributed by atoms with E-state index in [-0.39, 0.29) is 18.1 Å². The van der Waals surface area contributed by atoms with Gasteiger partial charge < -0.3 is 9.64 Å². The number of aryl methyl sites for hydroxylation is 1. The second kappa shape index (κ2) is 8.13. The average molecular weight is 391 g/mol. The third-order valence-corrected chi connectivity index (χ3v) is 5.23. The van der Waals surface area contributed by atoms with Crippen molar-refractivity contribution in [3.8, 4) is 11.4 Å². The van der Waals surface area contributed by atoms with Crippen LogP contribution < -0.4 is 0 Å². The summed E-state index contributed by atoms with van der Waals surface area (Å²) in [5.74, 6) is 0.877. The molecule has 29 heavy (non-hydrogen) atoms. The van der Waals surface area contributed by atoms with Crippen molar-refractivity contribution in [1.82, 2.24) is 25.1 Å². The summed E-state index contributed by atoms with van der Waals surface area (Å²) in [6, 6.07) is 17.5. The second-order valence-corrected chi connectivity index (χ2v) is 7.71. The first-order valence-corrected chi connectivity index (χ1v) is 9.85. The second-order valence-electron chi connectivity index (χ2n) is 7.71. The van der Waals surface area contributed by atoms with Gasteiger partial charge in [0.25, 0.3) is 5.91 Å². The highest BCUT2D eigenvalue weighted by molar-refractivity contribution is 5.94. The summed E-state index contributed by atoms with van der Waals surface area (Å²) < 4.78 is 6.31. The zero-order valence-electron chi connectivity index (χ0n) is 16.9. The third kappa shape index (κ3) is 4.19. The van der Waals surface area contributed by atoms with Gasteiger partial charge in [-0.05, 0) is 28.8 Å². The van der Waals surface area contributed by atoms with E-state index in [1.54, 1.807) is 7.05 Å². The first-order chi connectivity index (χ1) is 14.0. The SMILES string of the molecule is CC(C)[C@H]1CN(C(=O)c2ccc(-c3nnn(C)n3)cc2)C[C@@H](c2ccccc2)O1. The maximum atomic E-state index is 13.2. The largest absolute Gasteiger partial charge is 0.366 e. The fourth-order valence-corrected chi connectivity index (χ4v) is 3.52. The van der Waals surface area contributed by atoms with Gasteiger partial charge >= 0.3 is 0 Å². The number of benzene rings is 2. The number of ether oxygens (including phenoxy) is 1. The van der Waals surface area contributed by atoms with E-state index in [1.807, 2.05) is 47.4 Å². The van der Waals surface area contributed by atoms with Gasteiger partial charge in [-0.3, -0.25) is 4.79 Å². The Morgan fingerprint density at radius 2 is 1.79 bits per heavy atom. The molecule has 7 heteroatoms. The Bertz CT molecular complexity index is 968. The minimum absolute atomic E-state index is 0.000900. The summed E-state index contributed by atoms with van der Waals surface area (Å²) >= 11 is 0. The number of carbonyl (C=O) groups is 1. The van der Waals surface area contributed by atoms with Crippen LogP contribution in [-0.2, 0) is 11.8 Å². The molecule has 4 rings (SSSR count). The lowest BCUT2D eigenvalue weighted by Gasteiger charge is -2.40. The number of aromatic nitrogens is 4. The van der Waals surface area contributed by atoms with Crippen molar-refractivity contribution in [3.05, 3.63) is 65.7 Å². The van der Waals surface area contributed by atoms with E-state index in [9.17, 15) is 4.79 Å². The number of hydrogen-bond donors (Lipinski definition) is 0. The number of nitrogens with zero attached hydrogens (tertiary/aromatic N) is 5. The minimum atomic E-state index is -0.121. The maximum absolute atomic E-state index is 13.2. The molecule has 2 aromatic carbocycles. The van der Waals surface area contributed by atoms with E-state index < -0.39 is 0 Å². The Kier molecular flexibility index (Phi) is 5.40.